The van der Waals surface area contributed by atoms with Crippen molar-refractivity contribution < 1.29 is 9.53 Å². The van der Waals surface area contributed by atoms with Gasteiger partial charge in [0.25, 0.3) is 5.91 Å². The summed E-state index contributed by atoms with van der Waals surface area (Å²) in [6.45, 7) is 1.89. The molecule has 1 amide bonds. The predicted octanol–water partition coefficient (Wildman–Crippen LogP) is 4.25. The molecule has 110 valence electrons. The number of nitrogen functional groups attached to an aromatic ring is 1. The molecule has 0 spiro atoms. The summed E-state index contributed by atoms with van der Waals surface area (Å²) in [7, 11) is 1.52. The topological polar surface area (TPSA) is 64.3 Å². The fourth-order valence-electron chi connectivity index (χ4n) is 1.81. The fraction of sp³-hybridized carbons (Fsp3) is 0.133. The number of halogens is 2. The highest BCUT2D eigenvalue weighted by Crippen LogP contribution is 2.30. The SMILES string of the molecule is COc1cc(N)cc(C(=O)Nc2cc(Cl)c(C)cc2Br)c1. The lowest BCUT2D eigenvalue weighted by molar-refractivity contribution is 0.102. The van der Waals surface area contributed by atoms with Crippen LogP contribution in [-0.4, -0.2) is 13.0 Å². The molecule has 3 N–H and O–H groups in total. The number of aryl methyl sites for hydroxylation is 1. The van der Waals surface area contributed by atoms with Gasteiger partial charge in [-0.15, -0.1) is 0 Å². The van der Waals surface area contributed by atoms with E-state index >= 15 is 0 Å². The van der Waals surface area contributed by atoms with Gasteiger partial charge in [-0.25, -0.2) is 0 Å². The van der Waals surface area contributed by atoms with Crippen LogP contribution in [0.3, 0.4) is 0 Å². The Morgan fingerprint density at radius 1 is 1.29 bits per heavy atom. The summed E-state index contributed by atoms with van der Waals surface area (Å²) >= 11 is 9.48. The quantitative estimate of drug-likeness (QED) is 0.795. The lowest BCUT2D eigenvalue weighted by Crippen LogP contribution is -2.13. The van der Waals surface area contributed by atoms with Gasteiger partial charge in [0.15, 0.2) is 0 Å². The van der Waals surface area contributed by atoms with Gasteiger partial charge in [-0.2, -0.15) is 0 Å². The van der Waals surface area contributed by atoms with E-state index in [1.807, 2.05) is 13.0 Å². The number of ether oxygens (including phenoxy) is 1. The normalized spacial score (nSPS) is 10.3. The average Bonchev–Trinajstić information content (AvgIpc) is 2.43. The van der Waals surface area contributed by atoms with E-state index in [1.165, 1.54) is 7.11 Å². The van der Waals surface area contributed by atoms with Gasteiger partial charge in [-0.05, 0) is 52.7 Å². The maximum absolute atomic E-state index is 12.3. The molecule has 2 rings (SSSR count). The Morgan fingerprint density at radius 2 is 2.00 bits per heavy atom. The van der Waals surface area contributed by atoms with Crippen molar-refractivity contribution in [3.05, 3.63) is 51.0 Å². The van der Waals surface area contributed by atoms with Crippen LogP contribution >= 0.6 is 27.5 Å². The summed E-state index contributed by atoms with van der Waals surface area (Å²) < 4.78 is 5.86. The number of anilines is 2. The Balaban J connectivity index is 2.30. The number of benzene rings is 2. The molecular weight excluding hydrogens is 356 g/mol. The number of methoxy groups -OCH3 is 1. The Bertz CT molecular complexity index is 704. The van der Waals surface area contributed by atoms with Gasteiger partial charge in [0.1, 0.15) is 5.75 Å². The van der Waals surface area contributed by atoms with Crippen molar-refractivity contribution in [2.45, 2.75) is 6.92 Å². The summed E-state index contributed by atoms with van der Waals surface area (Å²) in [5, 5.41) is 3.37. The average molecular weight is 370 g/mol. The molecule has 0 atom stereocenters. The first-order valence-corrected chi connectivity index (χ1v) is 7.29. The van der Waals surface area contributed by atoms with Crippen LogP contribution in [0.15, 0.2) is 34.8 Å². The van der Waals surface area contributed by atoms with Crippen molar-refractivity contribution >= 4 is 44.8 Å². The number of nitrogens with one attached hydrogen (secondary N) is 1. The lowest BCUT2D eigenvalue weighted by Gasteiger charge is -2.11. The number of rotatable bonds is 3. The minimum atomic E-state index is -0.291. The molecular formula is C15H14BrClN2O2. The summed E-state index contributed by atoms with van der Waals surface area (Å²) in [5.41, 5.74) is 8.14. The molecule has 0 bridgehead atoms. The molecule has 0 aliphatic carbocycles. The van der Waals surface area contributed by atoms with E-state index in [4.69, 9.17) is 22.1 Å². The van der Waals surface area contributed by atoms with E-state index in [2.05, 4.69) is 21.2 Å². The molecule has 0 saturated heterocycles. The van der Waals surface area contributed by atoms with Crippen LogP contribution in [0.2, 0.25) is 5.02 Å². The zero-order valence-corrected chi connectivity index (χ0v) is 13.9. The second-order valence-corrected chi connectivity index (χ2v) is 5.79. The van der Waals surface area contributed by atoms with Crippen LogP contribution in [0.1, 0.15) is 15.9 Å². The third-order valence-electron chi connectivity index (χ3n) is 2.92. The van der Waals surface area contributed by atoms with Gasteiger partial charge in [0.2, 0.25) is 0 Å². The van der Waals surface area contributed by atoms with Crippen LogP contribution in [0, 0.1) is 6.92 Å². The monoisotopic (exact) mass is 368 g/mol. The van der Waals surface area contributed by atoms with Gasteiger partial charge in [0.05, 0.1) is 12.8 Å². The molecule has 0 saturated carbocycles. The van der Waals surface area contributed by atoms with Gasteiger partial charge >= 0.3 is 0 Å². The van der Waals surface area contributed by atoms with Gasteiger partial charge in [-0.3, -0.25) is 4.79 Å². The fourth-order valence-corrected chi connectivity index (χ4v) is 2.53. The van der Waals surface area contributed by atoms with E-state index in [9.17, 15) is 4.79 Å². The minimum absolute atomic E-state index is 0.291. The van der Waals surface area contributed by atoms with Crippen molar-refractivity contribution in [3.8, 4) is 5.75 Å². The highest BCUT2D eigenvalue weighted by atomic mass is 79.9. The number of hydrogen-bond donors (Lipinski definition) is 2. The van der Waals surface area contributed by atoms with Crippen LogP contribution in [0.25, 0.3) is 0 Å². The first kappa shape index (κ1) is 15.7. The number of nitrogens with two attached hydrogens (primary N) is 1. The maximum Gasteiger partial charge on any atom is 0.255 e. The molecule has 0 fully saturated rings. The van der Waals surface area contributed by atoms with Gasteiger partial charge < -0.3 is 15.8 Å². The third-order valence-corrected chi connectivity index (χ3v) is 3.99. The number of carbonyl (C=O) groups excluding carboxylic acids is 1. The molecule has 0 unspecified atom stereocenters. The molecule has 0 heterocycles. The summed E-state index contributed by atoms with van der Waals surface area (Å²) in [4.78, 5) is 12.3. The Morgan fingerprint density at radius 3 is 2.67 bits per heavy atom. The summed E-state index contributed by atoms with van der Waals surface area (Å²) in [6.07, 6.45) is 0. The van der Waals surface area contributed by atoms with E-state index in [0.29, 0.717) is 27.7 Å². The Kier molecular flexibility index (Phi) is 4.75. The van der Waals surface area contributed by atoms with Crippen molar-refractivity contribution in [1.29, 1.82) is 0 Å². The van der Waals surface area contributed by atoms with Crippen LogP contribution in [0.5, 0.6) is 5.75 Å². The molecule has 4 nitrogen and oxygen atoms in total. The zero-order chi connectivity index (χ0) is 15.6. The molecule has 2 aromatic rings. The van der Waals surface area contributed by atoms with Crippen LogP contribution in [-0.2, 0) is 0 Å². The summed E-state index contributed by atoms with van der Waals surface area (Å²) in [6, 6.07) is 8.40. The first-order chi connectivity index (χ1) is 9.90. The smallest absolute Gasteiger partial charge is 0.255 e. The number of amides is 1. The molecule has 0 radical (unpaired) electrons. The van der Waals surface area contributed by atoms with E-state index in [0.717, 1.165) is 10.0 Å². The van der Waals surface area contributed by atoms with Crippen molar-refractivity contribution in [1.82, 2.24) is 0 Å². The highest BCUT2D eigenvalue weighted by Gasteiger charge is 2.12. The van der Waals surface area contributed by atoms with Gasteiger partial charge in [-0.1, -0.05) is 11.6 Å². The molecule has 0 aliphatic heterocycles. The molecule has 21 heavy (non-hydrogen) atoms. The molecule has 0 aromatic heterocycles. The minimum Gasteiger partial charge on any atom is -0.497 e. The van der Waals surface area contributed by atoms with Crippen LogP contribution in [0.4, 0.5) is 11.4 Å². The van der Waals surface area contributed by atoms with E-state index in [1.54, 1.807) is 24.3 Å². The zero-order valence-electron chi connectivity index (χ0n) is 11.5. The molecule has 0 aliphatic rings. The Hall–Kier alpha value is -1.72. The standard InChI is InChI=1S/C15H14BrClN2O2/c1-8-3-12(16)14(7-13(8)17)19-15(20)9-4-10(18)6-11(5-9)21-2/h3-7H,18H2,1-2H3,(H,19,20). The second-order valence-electron chi connectivity index (χ2n) is 4.53. The van der Waals surface area contributed by atoms with Crippen molar-refractivity contribution in [3.63, 3.8) is 0 Å². The molecule has 6 heteroatoms. The predicted molar refractivity (Wildman–Crippen MR) is 89.2 cm³/mol. The highest BCUT2D eigenvalue weighted by molar-refractivity contribution is 9.10. The van der Waals surface area contributed by atoms with E-state index in [-0.39, 0.29) is 5.91 Å². The lowest BCUT2D eigenvalue weighted by atomic mass is 10.1. The second kappa shape index (κ2) is 6.37. The van der Waals surface area contributed by atoms with Crippen molar-refractivity contribution in [2.24, 2.45) is 0 Å². The first-order valence-electron chi connectivity index (χ1n) is 6.12. The number of hydrogen-bond acceptors (Lipinski definition) is 3. The maximum atomic E-state index is 12.3. The van der Waals surface area contributed by atoms with Crippen LogP contribution < -0.4 is 15.8 Å². The Labute approximate surface area is 136 Å². The number of carbonyl (C=O) groups is 1. The van der Waals surface area contributed by atoms with E-state index < -0.39 is 0 Å². The molecule has 2 aromatic carbocycles. The van der Waals surface area contributed by atoms with Gasteiger partial charge in [0, 0.05) is 26.8 Å². The van der Waals surface area contributed by atoms with Crippen molar-refractivity contribution in [2.75, 3.05) is 18.2 Å². The third kappa shape index (κ3) is 3.68. The largest absolute Gasteiger partial charge is 0.497 e. The summed E-state index contributed by atoms with van der Waals surface area (Å²) in [5.74, 6) is 0.238.